The van der Waals surface area contributed by atoms with Gasteiger partial charge in [0, 0.05) is 30.1 Å². The first-order valence-corrected chi connectivity index (χ1v) is 15.8. The minimum absolute atomic E-state index is 0.168. The van der Waals surface area contributed by atoms with Crippen LogP contribution in [-0.4, -0.2) is 56.6 Å². The number of aliphatic imine (C=N–C) groups is 1. The summed E-state index contributed by atoms with van der Waals surface area (Å²) in [5, 5.41) is 19.3. The Labute approximate surface area is 265 Å². The molecule has 1 unspecified atom stereocenters. The number of thioether (sulfide) groups is 1. The van der Waals surface area contributed by atoms with Gasteiger partial charge in [0.2, 0.25) is 6.35 Å². The number of anilines is 1. The smallest absolute Gasteiger partial charge is 0.406 e. The van der Waals surface area contributed by atoms with Gasteiger partial charge in [0.1, 0.15) is 12.1 Å². The Morgan fingerprint density at radius 3 is 2.49 bits per heavy atom. The molecule has 1 saturated heterocycles. The van der Waals surface area contributed by atoms with Crippen molar-refractivity contribution in [3.8, 4) is 22.8 Å². The monoisotopic (exact) mass is 638 g/mol. The van der Waals surface area contributed by atoms with Crippen molar-refractivity contribution < 1.29 is 23.0 Å². The maximum absolute atomic E-state index is 12.4. The molecule has 0 spiro atoms. The number of aryl methyl sites for hydroxylation is 1. The number of ether oxygens (including phenoxy) is 1. The maximum atomic E-state index is 12.4. The van der Waals surface area contributed by atoms with E-state index in [1.807, 2.05) is 30.3 Å². The van der Waals surface area contributed by atoms with E-state index in [9.17, 15) is 18.3 Å². The van der Waals surface area contributed by atoms with Crippen LogP contribution in [0.25, 0.3) is 17.1 Å². The molecule has 45 heavy (non-hydrogen) atoms. The molecule has 0 saturated carbocycles. The molecule has 238 valence electrons. The summed E-state index contributed by atoms with van der Waals surface area (Å²) in [6.07, 6.45) is -1.48. The molecule has 1 aliphatic heterocycles. The minimum atomic E-state index is -4.74. The average Bonchev–Trinajstić information content (AvgIpc) is 3.51. The standard InChI is InChI=1S/C33H37F3N6O2S/c1-4-24-8-5-6-9-28(24)41-18-7-19-45-31(41)39-30(43)37-21-32(2,3)20-23-10-12-25(13-11-23)29-38-22-42(40-29)26-14-16-27(17-15-26)44-33(34,35)36/h5-6,8-17,22,30,37,43H,4,7,18-21H2,1-3H3/b39-31-. The molecule has 0 amide bonds. The number of hydrogen-bond donors (Lipinski definition) is 2. The molecule has 3 aromatic carbocycles. The fraction of sp³-hybridized carbons (Fsp3) is 0.364. The van der Waals surface area contributed by atoms with Crippen molar-refractivity contribution in [2.24, 2.45) is 10.4 Å². The fourth-order valence-corrected chi connectivity index (χ4v) is 6.16. The van der Waals surface area contributed by atoms with Crippen LogP contribution in [-0.2, 0) is 12.8 Å². The van der Waals surface area contributed by atoms with Gasteiger partial charge < -0.3 is 14.7 Å². The quantitative estimate of drug-likeness (QED) is 0.174. The topological polar surface area (TPSA) is 87.8 Å². The number of amidine groups is 1. The van der Waals surface area contributed by atoms with Crippen LogP contribution in [0.15, 0.2) is 84.1 Å². The van der Waals surface area contributed by atoms with Crippen molar-refractivity contribution >= 4 is 22.6 Å². The van der Waals surface area contributed by atoms with Gasteiger partial charge in [-0.05, 0) is 66.1 Å². The van der Waals surface area contributed by atoms with E-state index in [0.29, 0.717) is 18.1 Å². The number of nitrogens with zero attached hydrogens (tertiary/aromatic N) is 5. The molecule has 5 rings (SSSR count). The Morgan fingerprint density at radius 1 is 1.04 bits per heavy atom. The predicted octanol–water partition coefficient (Wildman–Crippen LogP) is 6.83. The second kappa shape index (κ2) is 14.1. The molecule has 8 nitrogen and oxygen atoms in total. The van der Waals surface area contributed by atoms with Crippen LogP contribution in [0.5, 0.6) is 5.75 Å². The zero-order valence-electron chi connectivity index (χ0n) is 25.5. The number of hydrogen-bond acceptors (Lipinski definition) is 7. The van der Waals surface area contributed by atoms with Gasteiger partial charge in [-0.3, -0.25) is 5.32 Å². The largest absolute Gasteiger partial charge is 0.573 e. The third-order valence-electron chi connectivity index (χ3n) is 7.37. The van der Waals surface area contributed by atoms with Gasteiger partial charge in [0.25, 0.3) is 0 Å². The molecule has 1 atom stereocenters. The van der Waals surface area contributed by atoms with Crippen LogP contribution in [0.4, 0.5) is 18.9 Å². The Morgan fingerprint density at radius 2 is 1.78 bits per heavy atom. The summed E-state index contributed by atoms with van der Waals surface area (Å²) >= 11 is 1.67. The van der Waals surface area contributed by atoms with Gasteiger partial charge in [-0.2, -0.15) is 0 Å². The molecule has 1 fully saturated rings. The lowest BCUT2D eigenvalue weighted by atomic mass is 9.85. The highest BCUT2D eigenvalue weighted by atomic mass is 32.2. The fourth-order valence-electron chi connectivity index (χ4n) is 5.19. The first-order chi connectivity index (χ1) is 21.5. The van der Waals surface area contributed by atoms with Gasteiger partial charge in [0.15, 0.2) is 11.0 Å². The SMILES string of the molecule is CCc1ccccc1N1CCCS/C1=N\C(O)NCC(C)(C)Cc1ccc(-c2ncn(-c3ccc(OC(F)(F)F)cc3)n2)cc1. The molecule has 2 heterocycles. The summed E-state index contributed by atoms with van der Waals surface area (Å²) < 4.78 is 42.7. The number of benzene rings is 3. The third kappa shape index (κ3) is 8.86. The lowest BCUT2D eigenvalue weighted by molar-refractivity contribution is -0.274. The number of nitrogens with one attached hydrogen (secondary N) is 1. The van der Waals surface area contributed by atoms with Crippen molar-refractivity contribution in [1.82, 2.24) is 20.1 Å². The lowest BCUT2D eigenvalue weighted by Gasteiger charge is -2.32. The minimum Gasteiger partial charge on any atom is -0.406 e. The number of aliphatic hydroxyl groups is 1. The molecule has 0 bridgehead atoms. The number of aromatic nitrogens is 3. The summed E-state index contributed by atoms with van der Waals surface area (Å²) in [4.78, 5) is 11.2. The summed E-state index contributed by atoms with van der Waals surface area (Å²) in [5.74, 6) is 1.17. The molecular formula is C33H37F3N6O2S. The van der Waals surface area contributed by atoms with Crippen LogP contribution in [0.3, 0.4) is 0 Å². The molecule has 2 N–H and O–H groups in total. The van der Waals surface area contributed by atoms with Crippen LogP contribution in [0.2, 0.25) is 0 Å². The van der Waals surface area contributed by atoms with Crippen molar-refractivity contribution in [2.45, 2.75) is 52.7 Å². The number of para-hydroxylation sites is 1. The Bertz CT molecular complexity index is 1590. The van der Waals surface area contributed by atoms with E-state index >= 15 is 0 Å². The van der Waals surface area contributed by atoms with Crippen molar-refractivity contribution in [3.05, 3.63) is 90.3 Å². The van der Waals surface area contributed by atoms with Gasteiger partial charge >= 0.3 is 6.36 Å². The number of rotatable bonds is 11. The van der Waals surface area contributed by atoms with E-state index in [2.05, 4.69) is 69.0 Å². The summed E-state index contributed by atoms with van der Waals surface area (Å²) in [6.45, 7) is 7.86. The zero-order valence-corrected chi connectivity index (χ0v) is 26.3. The number of aliphatic hydroxyl groups excluding tert-OH is 1. The van der Waals surface area contributed by atoms with Gasteiger partial charge in [-0.15, -0.1) is 18.3 Å². The highest BCUT2D eigenvalue weighted by molar-refractivity contribution is 8.14. The van der Waals surface area contributed by atoms with E-state index in [0.717, 1.165) is 53.5 Å². The summed E-state index contributed by atoms with van der Waals surface area (Å²) in [5.41, 5.74) is 4.74. The van der Waals surface area contributed by atoms with Gasteiger partial charge in [-0.1, -0.05) is 75.0 Å². The molecule has 4 aromatic rings. The van der Waals surface area contributed by atoms with Crippen molar-refractivity contribution in [1.29, 1.82) is 0 Å². The molecule has 1 aliphatic rings. The van der Waals surface area contributed by atoms with Crippen LogP contribution in [0.1, 0.15) is 38.3 Å². The molecular weight excluding hydrogens is 601 g/mol. The van der Waals surface area contributed by atoms with Crippen molar-refractivity contribution in [3.63, 3.8) is 0 Å². The highest BCUT2D eigenvalue weighted by Gasteiger charge is 2.31. The van der Waals surface area contributed by atoms with Crippen LogP contribution < -0.4 is 15.0 Å². The normalized spacial score (nSPS) is 15.8. The zero-order chi connectivity index (χ0) is 32.0. The first kappa shape index (κ1) is 32.5. The lowest BCUT2D eigenvalue weighted by Crippen LogP contribution is -2.40. The van der Waals surface area contributed by atoms with E-state index in [1.165, 1.54) is 40.8 Å². The predicted molar refractivity (Wildman–Crippen MR) is 173 cm³/mol. The second-order valence-corrected chi connectivity index (χ2v) is 12.7. The molecule has 0 aliphatic carbocycles. The average molecular weight is 639 g/mol. The first-order valence-electron chi connectivity index (χ1n) is 14.8. The molecule has 0 radical (unpaired) electrons. The van der Waals surface area contributed by atoms with Crippen molar-refractivity contribution in [2.75, 3.05) is 23.7 Å². The number of alkyl halides is 3. The van der Waals surface area contributed by atoms with E-state index in [1.54, 1.807) is 11.8 Å². The Kier molecular flexibility index (Phi) is 10.2. The Hall–Kier alpha value is -3.87. The van der Waals surface area contributed by atoms with E-state index in [-0.39, 0.29) is 11.2 Å². The van der Waals surface area contributed by atoms with Gasteiger partial charge in [0.05, 0.1) is 5.69 Å². The van der Waals surface area contributed by atoms with Crippen LogP contribution in [0, 0.1) is 5.41 Å². The third-order valence-corrected chi connectivity index (χ3v) is 8.45. The number of halogens is 3. The Balaban J connectivity index is 1.17. The molecule has 1 aromatic heterocycles. The van der Waals surface area contributed by atoms with Gasteiger partial charge in [-0.25, -0.2) is 14.7 Å². The molecule has 12 heteroatoms. The van der Waals surface area contributed by atoms with E-state index < -0.39 is 12.7 Å². The summed E-state index contributed by atoms with van der Waals surface area (Å²) in [7, 11) is 0. The van der Waals surface area contributed by atoms with Crippen LogP contribution >= 0.6 is 11.8 Å². The maximum Gasteiger partial charge on any atom is 0.573 e. The second-order valence-electron chi connectivity index (χ2n) is 11.6. The highest BCUT2D eigenvalue weighted by Crippen LogP contribution is 2.29. The summed E-state index contributed by atoms with van der Waals surface area (Å²) in [6, 6.07) is 21.7. The van der Waals surface area contributed by atoms with E-state index in [4.69, 9.17) is 0 Å².